The molecule has 0 saturated heterocycles. The van der Waals surface area contributed by atoms with Crippen molar-refractivity contribution < 1.29 is 23.8 Å². The van der Waals surface area contributed by atoms with Crippen molar-refractivity contribution in [1.82, 2.24) is 0 Å². The van der Waals surface area contributed by atoms with E-state index in [9.17, 15) is 29.4 Å². The van der Waals surface area contributed by atoms with Crippen LogP contribution in [0, 0.1) is 26.0 Å². The summed E-state index contributed by atoms with van der Waals surface area (Å²) in [6.07, 6.45) is 0. The maximum Gasteiger partial charge on any atom is 0.311 e. The number of halogens is 1. The van der Waals surface area contributed by atoms with E-state index < -0.39 is 38.6 Å². The molecule has 0 radical (unpaired) electrons. The standard InChI is InChI=1S/C20H23FN6O6/c1-5-25(6-2)19-9-14(22-12(4)28)15(10-20(19)33-7-3)23-24-16-8-13(21)17(26(29)30)11-18(16)27(31)32/h8-11H,5-7H2,1-4H3,(H,22,28). The number of nitro groups is 2. The van der Waals surface area contributed by atoms with Gasteiger partial charge in [-0.25, -0.2) is 0 Å². The summed E-state index contributed by atoms with van der Waals surface area (Å²) >= 11 is 0. The molecule has 12 nitrogen and oxygen atoms in total. The molecule has 0 spiro atoms. The predicted molar refractivity (Wildman–Crippen MR) is 119 cm³/mol. The van der Waals surface area contributed by atoms with Crippen LogP contribution in [-0.4, -0.2) is 35.5 Å². The molecule has 2 aromatic rings. The first kappa shape index (κ1) is 25.1. The van der Waals surface area contributed by atoms with Gasteiger partial charge < -0.3 is 15.0 Å². The highest BCUT2D eigenvalue weighted by Crippen LogP contribution is 2.41. The quantitative estimate of drug-likeness (QED) is 0.287. The fourth-order valence-corrected chi connectivity index (χ4v) is 3.03. The van der Waals surface area contributed by atoms with Crippen LogP contribution in [0.4, 0.5) is 38.5 Å². The van der Waals surface area contributed by atoms with E-state index in [-0.39, 0.29) is 11.4 Å². The fourth-order valence-electron chi connectivity index (χ4n) is 3.03. The predicted octanol–water partition coefficient (Wildman–Crippen LogP) is 5.26. The van der Waals surface area contributed by atoms with Crippen LogP contribution in [-0.2, 0) is 4.79 Å². The summed E-state index contributed by atoms with van der Waals surface area (Å²) in [4.78, 5) is 34.0. The van der Waals surface area contributed by atoms with Crippen molar-refractivity contribution in [3.8, 4) is 5.75 Å². The van der Waals surface area contributed by atoms with Gasteiger partial charge in [0.05, 0.1) is 33.9 Å². The van der Waals surface area contributed by atoms with Crippen LogP contribution in [0.15, 0.2) is 34.5 Å². The zero-order chi connectivity index (χ0) is 24.7. The average molecular weight is 462 g/mol. The number of ether oxygens (including phenoxy) is 1. The van der Waals surface area contributed by atoms with Crippen molar-refractivity contribution in [1.29, 1.82) is 0 Å². The van der Waals surface area contributed by atoms with Gasteiger partial charge in [-0.3, -0.25) is 25.0 Å². The largest absolute Gasteiger partial charge is 0.492 e. The van der Waals surface area contributed by atoms with Gasteiger partial charge in [0.2, 0.25) is 11.7 Å². The zero-order valence-corrected chi connectivity index (χ0v) is 18.5. The second-order valence-electron chi connectivity index (χ2n) is 6.63. The molecule has 0 aliphatic rings. The highest BCUT2D eigenvalue weighted by molar-refractivity contribution is 5.93. The smallest absolute Gasteiger partial charge is 0.311 e. The number of benzene rings is 2. The van der Waals surface area contributed by atoms with E-state index >= 15 is 0 Å². The van der Waals surface area contributed by atoms with Gasteiger partial charge in [-0.05, 0) is 26.8 Å². The highest BCUT2D eigenvalue weighted by atomic mass is 19.1. The summed E-state index contributed by atoms with van der Waals surface area (Å²) in [7, 11) is 0. The van der Waals surface area contributed by atoms with Gasteiger partial charge in [-0.1, -0.05) is 0 Å². The van der Waals surface area contributed by atoms with Crippen LogP contribution in [0.25, 0.3) is 0 Å². The molecule has 0 saturated carbocycles. The Balaban J connectivity index is 2.67. The minimum Gasteiger partial charge on any atom is -0.492 e. The van der Waals surface area contributed by atoms with E-state index in [1.54, 1.807) is 13.0 Å². The van der Waals surface area contributed by atoms with Crippen LogP contribution in [0.1, 0.15) is 27.7 Å². The Hall–Kier alpha value is -4.16. The van der Waals surface area contributed by atoms with Gasteiger partial charge in [-0.15, -0.1) is 10.2 Å². The third-order valence-electron chi connectivity index (χ3n) is 4.49. The zero-order valence-electron chi connectivity index (χ0n) is 18.5. The number of hydrogen-bond acceptors (Lipinski definition) is 9. The molecule has 0 atom stereocenters. The second-order valence-corrected chi connectivity index (χ2v) is 6.63. The summed E-state index contributed by atoms with van der Waals surface area (Å²) in [5.74, 6) is -1.25. The highest BCUT2D eigenvalue weighted by Gasteiger charge is 2.25. The molecule has 2 aromatic carbocycles. The second kappa shape index (κ2) is 10.9. The van der Waals surface area contributed by atoms with Gasteiger partial charge in [0.25, 0.3) is 0 Å². The van der Waals surface area contributed by atoms with Gasteiger partial charge >= 0.3 is 11.4 Å². The summed E-state index contributed by atoms with van der Waals surface area (Å²) in [5.41, 5.74) is -1.33. The van der Waals surface area contributed by atoms with Crippen molar-refractivity contribution in [3.05, 3.63) is 50.3 Å². The Morgan fingerprint density at radius 3 is 2.15 bits per heavy atom. The number of nitrogens with one attached hydrogen (secondary N) is 1. The first-order valence-corrected chi connectivity index (χ1v) is 10.00. The van der Waals surface area contributed by atoms with E-state index in [1.165, 1.54) is 13.0 Å². The summed E-state index contributed by atoms with van der Waals surface area (Å²) in [6, 6.07) is 4.18. The average Bonchev–Trinajstić information content (AvgIpc) is 2.74. The SMILES string of the molecule is CCOc1cc(N=Nc2cc(F)c([N+](=O)[O-])cc2[N+](=O)[O-])c(NC(C)=O)cc1N(CC)CC. The molecule has 0 bridgehead atoms. The molecule has 0 aliphatic heterocycles. The molecule has 176 valence electrons. The van der Waals surface area contributed by atoms with Gasteiger partial charge in [0, 0.05) is 32.1 Å². The van der Waals surface area contributed by atoms with Crippen molar-refractivity contribution in [2.75, 3.05) is 29.9 Å². The lowest BCUT2D eigenvalue weighted by molar-refractivity contribution is -0.395. The van der Waals surface area contributed by atoms with Crippen LogP contribution >= 0.6 is 0 Å². The van der Waals surface area contributed by atoms with Crippen molar-refractivity contribution in [3.63, 3.8) is 0 Å². The number of nitro benzene ring substituents is 2. The number of carbonyl (C=O) groups excluding carboxylic acids is 1. The van der Waals surface area contributed by atoms with E-state index in [0.717, 1.165) is 0 Å². The fraction of sp³-hybridized carbons (Fsp3) is 0.350. The molecule has 0 heterocycles. The minimum absolute atomic E-state index is 0.0950. The van der Waals surface area contributed by atoms with Crippen LogP contribution in [0.5, 0.6) is 5.75 Å². The molecule has 1 N–H and O–H groups in total. The van der Waals surface area contributed by atoms with Crippen LogP contribution in [0.2, 0.25) is 0 Å². The monoisotopic (exact) mass is 462 g/mol. The molecule has 13 heteroatoms. The summed E-state index contributed by atoms with van der Waals surface area (Å²) in [5, 5.41) is 32.6. The van der Waals surface area contributed by atoms with E-state index in [1.807, 2.05) is 18.7 Å². The minimum atomic E-state index is -1.30. The third kappa shape index (κ3) is 5.96. The van der Waals surface area contributed by atoms with Crippen LogP contribution in [0.3, 0.4) is 0 Å². The van der Waals surface area contributed by atoms with Crippen molar-refractivity contribution in [2.24, 2.45) is 10.2 Å². The Bertz CT molecular complexity index is 1100. The molecule has 2 rings (SSSR count). The first-order chi connectivity index (χ1) is 15.6. The lowest BCUT2D eigenvalue weighted by atomic mass is 10.2. The number of azo groups is 1. The number of rotatable bonds is 10. The van der Waals surface area contributed by atoms with E-state index in [2.05, 4.69) is 15.5 Å². The first-order valence-electron chi connectivity index (χ1n) is 10.00. The van der Waals surface area contributed by atoms with E-state index in [4.69, 9.17) is 4.74 Å². The van der Waals surface area contributed by atoms with Crippen LogP contribution < -0.4 is 15.0 Å². The molecule has 1 amide bonds. The lowest BCUT2D eigenvalue weighted by Gasteiger charge is -2.25. The van der Waals surface area contributed by atoms with Gasteiger partial charge in [0.1, 0.15) is 11.4 Å². The van der Waals surface area contributed by atoms with Crippen molar-refractivity contribution in [2.45, 2.75) is 27.7 Å². The number of hydrogen-bond donors (Lipinski definition) is 1. The summed E-state index contributed by atoms with van der Waals surface area (Å²) < 4.78 is 19.8. The van der Waals surface area contributed by atoms with Gasteiger partial charge in [-0.2, -0.15) is 4.39 Å². The lowest BCUT2D eigenvalue weighted by Crippen LogP contribution is -2.23. The number of anilines is 2. The Morgan fingerprint density at radius 1 is 1.03 bits per heavy atom. The maximum absolute atomic E-state index is 14.1. The molecule has 33 heavy (non-hydrogen) atoms. The topological polar surface area (TPSA) is 153 Å². The molecule has 0 unspecified atom stereocenters. The summed E-state index contributed by atoms with van der Waals surface area (Å²) in [6.45, 7) is 8.64. The number of nitrogens with zero attached hydrogens (tertiary/aromatic N) is 5. The Morgan fingerprint density at radius 2 is 1.64 bits per heavy atom. The van der Waals surface area contributed by atoms with E-state index in [0.29, 0.717) is 43.3 Å². The molecule has 0 aliphatic carbocycles. The van der Waals surface area contributed by atoms with Crippen molar-refractivity contribution >= 4 is 40.0 Å². The normalized spacial score (nSPS) is 10.8. The maximum atomic E-state index is 14.1. The Kier molecular flexibility index (Phi) is 8.31. The van der Waals surface area contributed by atoms with Gasteiger partial charge in [0.15, 0.2) is 5.69 Å². The Labute approximate surface area is 188 Å². The number of carbonyl (C=O) groups is 1. The molecule has 0 aromatic heterocycles. The molecular formula is C20H23FN6O6. The number of amides is 1. The molecule has 0 fully saturated rings. The third-order valence-corrected chi connectivity index (χ3v) is 4.49. The molecular weight excluding hydrogens is 439 g/mol.